The number of amides is 3. The fourth-order valence-corrected chi connectivity index (χ4v) is 2.85. The summed E-state index contributed by atoms with van der Waals surface area (Å²) in [5.41, 5.74) is 6.16. The van der Waals surface area contributed by atoms with E-state index in [4.69, 9.17) is 4.74 Å². The molecule has 1 atom stereocenters. The van der Waals surface area contributed by atoms with Crippen LogP contribution in [0.4, 0.5) is 4.79 Å². The van der Waals surface area contributed by atoms with Gasteiger partial charge in [0.1, 0.15) is 12.6 Å². The van der Waals surface area contributed by atoms with Crippen molar-refractivity contribution in [1.82, 2.24) is 20.9 Å². The molecule has 2 rings (SSSR count). The Balaban J connectivity index is 1.94. The largest absolute Gasteiger partial charge is 0.461 e. The van der Waals surface area contributed by atoms with Gasteiger partial charge >= 0.3 is 12.0 Å². The molecular weight excluding hydrogens is 364 g/mol. The quantitative estimate of drug-likeness (QED) is 0.557. The topological polar surface area (TPSA) is 108 Å². The molecule has 1 heterocycles. The number of nitrogens with one attached hydrogen (secondary N) is 2. The number of ketones is 1. The first-order valence-electron chi connectivity index (χ1n) is 9.20. The van der Waals surface area contributed by atoms with Gasteiger partial charge in [-0.05, 0) is 25.3 Å². The second-order valence-corrected chi connectivity index (χ2v) is 6.55. The smallest absolute Gasteiger partial charge is 0.353 e. The summed E-state index contributed by atoms with van der Waals surface area (Å²) in [6.07, 6.45) is 1.21. The Hall–Kier alpha value is -2.94. The molecule has 3 amide bonds. The van der Waals surface area contributed by atoms with Crippen LogP contribution in [0, 0.1) is 0 Å². The van der Waals surface area contributed by atoms with E-state index < -0.39 is 23.9 Å². The van der Waals surface area contributed by atoms with Gasteiger partial charge < -0.3 is 4.74 Å². The third-order valence-corrected chi connectivity index (χ3v) is 4.23. The zero-order valence-electron chi connectivity index (χ0n) is 16.1. The van der Waals surface area contributed by atoms with Crippen LogP contribution in [0.25, 0.3) is 0 Å². The van der Waals surface area contributed by atoms with E-state index in [1.807, 2.05) is 30.3 Å². The van der Waals surface area contributed by atoms with Gasteiger partial charge in [0.2, 0.25) is 5.91 Å². The molecule has 0 radical (unpaired) electrons. The molecule has 0 bridgehead atoms. The normalized spacial score (nSPS) is 16.2. The van der Waals surface area contributed by atoms with Crippen molar-refractivity contribution in [3.8, 4) is 0 Å². The van der Waals surface area contributed by atoms with Gasteiger partial charge in [-0.15, -0.1) is 0 Å². The molecule has 2 N–H and O–H groups in total. The van der Waals surface area contributed by atoms with Gasteiger partial charge in [0, 0.05) is 13.5 Å². The second kappa shape index (κ2) is 10.4. The Morgan fingerprint density at radius 1 is 1.21 bits per heavy atom. The van der Waals surface area contributed by atoms with Gasteiger partial charge in [0.15, 0.2) is 5.78 Å². The summed E-state index contributed by atoms with van der Waals surface area (Å²) in [6.45, 7) is 3.28. The van der Waals surface area contributed by atoms with Gasteiger partial charge in [-0.25, -0.2) is 20.2 Å². The van der Waals surface area contributed by atoms with Gasteiger partial charge in [-0.3, -0.25) is 19.8 Å². The van der Waals surface area contributed by atoms with E-state index in [1.54, 1.807) is 0 Å². The number of hydrazine groups is 2. The minimum Gasteiger partial charge on any atom is -0.461 e. The highest BCUT2D eigenvalue weighted by atomic mass is 16.5. The van der Waals surface area contributed by atoms with Crippen molar-refractivity contribution in [2.24, 2.45) is 0 Å². The molecule has 9 heteroatoms. The van der Waals surface area contributed by atoms with Crippen LogP contribution < -0.4 is 10.9 Å². The van der Waals surface area contributed by atoms with Gasteiger partial charge in [-0.2, -0.15) is 0 Å². The summed E-state index contributed by atoms with van der Waals surface area (Å²) in [5, 5.41) is 2.25. The predicted octanol–water partition coefficient (Wildman–Crippen LogP) is 1.15. The zero-order chi connectivity index (χ0) is 20.5. The molecule has 0 aliphatic carbocycles. The zero-order valence-corrected chi connectivity index (χ0v) is 16.1. The molecule has 1 fully saturated rings. The van der Waals surface area contributed by atoms with Crippen molar-refractivity contribution in [3.05, 3.63) is 35.9 Å². The SMILES string of the molecule is CC(=O)NN(CCC(=O)OCc1ccccc1)C(=O)N1NCCC[C@H]1C(C)=O. The predicted molar refractivity (Wildman–Crippen MR) is 100 cm³/mol. The van der Waals surface area contributed by atoms with E-state index in [2.05, 4.69) is 10.9 Å². The lowest BCUT2D eigenvalue weighted by Crippen LogP contribution is -2.62. The fraction of sp³-hybridized carbons (Fsp3) is 0.474. The summed E-state index contributed by atoms with van der Waals surface area (Å²) < 4.78 is 5.20. The van der Waals surface area contributed by atoms with E-state index in [1.165, 1.54) is 18.9 Å². The summed E-state index contributed by atoms with van der Waals surface area (Å²) in [7, 11) is 0. The average molecular weight is 390 g/mol. The minimum atomic E-state index is -0.609. The third-order valence-electron chi connectivity index (χ3n) is 4.23. The molecule has 0 aromatic heterocycles. The van der Waals surface area contributed by atoms with Gasteiger partial charge in [-0.1, -0.05) is 30.3 Å². The number of carbonyl (C=O) groups is 4. The molecule has 0 unspecified atom stereocenters. The number of nitrogens with zero attached hydrogens (tertiary/aromatic N) is 2. The molecule has 1 aromatic carbocycles. The Morgan fingerprint density at radius 3 is 2.57 bits per heavy atom. The lowest BCUT2D eigenvalue weighted by Gasteiger charge is -2.37. The van der Waals surface area contributed by atoms with Crippen molar-refractivity contribution in [3.63, 3.8) is 0 Å². The molecule has 28 heavy (non-hydrogen) atoms. The maximum atomic E-state index is 12.8. The molecule has 1 aliphatic rings. The van der Waals surface area contributed by atoms with Crippen molar-refractivity contribution in [2.45, 2.75) is 45.8 Å². The number of hydrogen-bond donors (Lipinski definition) is 2. The van der Waals surface area contributed by atoms with E-state index in [-0.39, 0.29) is 25.4 Å². The highest BCUT2D eigenvalue weighted by Crippen LogP contribution is 2.13. The van der Waals surface area contributed by atoms with E-state index in [0.717, 1.165) is 17.0 Å². The maximum absolute atomic E-state index is 12.8. The number of urea groups is 1. The van der Waals surface area contributed by atoms with Gasteiger partial charge in [0.05, 0.1) is 13.0 Å². The lowest BCUT2D eigenvalue weighted by molar-refractivity contribution is -0.145. The Morgan fingerprint density at radius 2 is 1.93 bits per heavy atom. The molecule has 0 spiro atoms. The molecule has 9 nitrogen and oxygen atoms in total. The molecule has 1 aliphatic heterocycles. The highest BCUT2D eigenvalue weighted by molar-refractivity contribution is 5.87. The summed E-state index contributed by atoms with van der Waals surface area (Å²) in [6, 6.07) is 8.03. The molecule has 152 valence electrons. The minimum absolute atomic E-state index is 0.0746. The number of Topliss-reactive ketones (excluding diaryl/α,β-unsaturated/α-hetero) is 1. The maximum Gasteiger partial charge on any atom is 0.353 e. The molecule has 0 saturated carbocycles. The van der Waals surface area contributed by atoms with Crippen LogP contribution in [0.3, 0.4) is 0 Å². The number of hydrogen-bond acceptors (Lipinski definition) is 6. The summed E-state index contributed by atoms with van der Waals surface area (Å²) in [5.74, 6) is -1.10. The molecular formula is C19H26N4O5. The third kappa shape index (κ3) is 6.34. The summed E-state index contributed by atoms with van der Waals surface area (Å²) in [4.78, 5) is 48.1. The van der Waals surface area contributed by atoms with E-state index in [0.29, 0.717) is 13.0 Å². The van der Waals surface area contributed by atoms with Crippen molar-refractivity contribution >= 4 is 23.7 Å². The fourth-order valence-electron chi connectivity index (χ4n) is 2.85. The van der Waals surface area contributed by atoms with E-state index >= 15 is 0 Å². The van der Waals surface area contributed by atoms with Crippen LogP contribution in [0.1, 0.15) is 38.7 Å². The van der Waals surface area contributed by atoms with Crippen LogP contribution in [0.2, 0.25) is 0 Å². The van der Waals surface area contributed by atoms with Crippen LogP contribution in [-0.2, 0) is 25.7 Å². The van der Waals surface area contributed by atoms with Crippen LogP contribution in [0.15, 0.2) is 30.3 Å². The standard InChI is InChI=1S/C19H26N4O5/c1-14(24)17-9-6-11-20-23(17)19(27)22(21-15(2)25)12-10-18(26)28-13-16-7-4-3-5-8-16/h3-5,7-8,17,20H,6,9-13H2,1-2H3,(H,21,25)/t17-/m0/s1. The molecule has 1 saturated heterocycles. The van der Waals surface area contributed by atoms with Crippen molar-refractivity contribution in [1.29, 1.82) is 0 Å². The lowest BCUT2D eigenvalue weighted by atomic mass is 10.1. The number of benzene rings is 1. The van der Waals surface area contributed by atoms with E-state index in [9.17, 15) is 19.2 Å². The van der Waals surface area contributed by atoms with Crippen LogP contribution in [0.5, 0.6) is 0 Å². The summed E-state index contributed by atoms with van der Waals surface area (Å²) >= 11 is 0. The number of ether oxygens (including phenoxy) is 1. The monoisotopic (exact) mass is 390 g/mol. The first-order chi connectivity index (χ1) is 13.4. The molecule has 1 aromatic rings. The number of rotatable bonds is 6. The first kappa shape index (κ1) is 21.4. The first-order valence-corrected chi connectivity index (χ1v) is 9.20. The number of carbonyl (C=O) groups excluding carboxylic acids is 4. The number of esters is 1. The average Bonchev–Trinajstić information content (AvgIpc) is 2.69. The van der Waals surface area contributed by atoms with Gasteiger partial charge in [0.25, 0.3) is 0 Å². The van der Waals surface area contributed by atoms with Crippen molar-refractivity contribution in [2.75, 3.05) is 13.1 Å². The Bertz CT molecular complexity index is 710. The second-order valence-electron chi connectivity index (χ2n) is 6.55. The van der Waals surface area contributed by atoms with Crippen LogP contribution in [-0.4, -0.2) is 52.8 Å². The Labute approximate surface area is 163 Å². The Kier molecular flexibility index (Phi) is 7.94. The van der Waals surface area contributed by atoms with Crippen LogP contribution >= 0.6 is 0 Å². The van der Waals surface area contributed by atoms with Crippen molar-refractivity contribution < 1.29 is 23.9 Å². The highest BCUT2D eigenvalue weighted by Gasteiger charge is 2.33.